The van der Waals surface area contributed by atoms with E-state index in [1.165, 1.54) is 26.2 Å². The summed E-state index contributed by atoms with van der Waals surface area (Å²) < 4.78 is 5.39. The van der Waals surface area contributed by atoms with Crippen molar-refractivity contribution in [1.29, 1.82) is 0 Å². The normalized spacial score (nSPS) is 31.1. The lowest BCUT2D eigenvalue weighted by atomic mass is 9.49. The van der Waals surface area contributed by atoms with Crippen LogP contribution in [0.25, 0.3) is 0 Å². The SMILES string of the molecule is C[C@H](OC(=O)CC12CC3CC(CC(C3)C1)C2)C(=O)NNC(=O)c1ccccc1. The van der Waals surface area contributed by atoms with E-state index >= 15 is 0 Å². The first-order valence-corrected chi connectivity index (χ1v) is 10.3. The van der Waals surface area contributed by atoms with Gasteiger partial charge in [-0.25, -0.2) is 0 Å². The number of nitrogens with one attached hydrogen (secondary N) is 2. The van der Waals surface area contributed by atoms with Crippen LogP contribution in [-0.4, -0.2) is 23.9 Å². The predicted molar refractivity (Wildman–Crippen MR) is 103 cm³/mol. The lowest BCUT2D eigenvalue weighted by Crippen LogP contribution is -2.48. The Morgan fingerprint density at radius 2 is 1.57 bits per heavy atom. The third-order valence-corrected chi connectivity index (χ3v) is 6.70. The number of ether oxygens (including phenoxy) is 1. The Morgan fingerprint density at radius 1 is 1.00 bits per heavy atom. The van der Waals surface area contributed by atoms with Crippen LogP contribution in [0.2, 0.25) is 0 Å². The van der Waals surface area contributed by atoms with Crippen LogP contribution < -0.4 is 10.9 Å². The van der Waals surface area contributed by atoms with E-state index in [2.05, 4.69) is 10.9 Å². The van der Waals surface area contributed by atoms with Crippen molar-refractivity contribution >= 4 is 17.8 Å². The van der Waals surface area contributed by atoms with Crippen LogP contribution >= 0.6 is 0 Å². The third-order valence-electron chi connectivity index (χ3n) is 6.70. The van der Waals surface area contributed by atoms with Crippen molar-refractivity contribution in [2.24, 2.45) is 23.2 Å². The molecule has 4 fully saturated rings. The van der Waals surface area contributed by atoms with E-state index in [1.54, 1.807) is 30.3 Å². The van der Waals surface area contributed by atoms with Gasteiger partial charge in [-0.2, -0.15) is 0 Å². The summed E-state index contributed by atoms with van der Waals surface area (Å²) in [4.78, 5) is 36.7. The highest BCUT2D eigenvalue weighted by Crippen LogP contribution is 2.61. The average Bonchev–Trinajstić information content (AvgIpc) is 2.64. The van der Waals surface area contributed by atoms with Crippen LogP contribution in [0, 0.1) is 23.2 Å². The molecule has 0 saturated heterocycles. The largest absolute Gasteiger partial charge is 0.452 e. The van der Waals surface area contributed by atoms with Gasteiger partial charge in [-0.15, -0.1) is 0 Å². The molecule has 4 bridgehead atoms. The summed E-state index contributed by atoms with van der Waals surface area (Å²) >= 11 is 0. The van der Waals surface area contributed by atoms with E-state index in [4.69, 9.17) is 4.74 Å². The van der Waals surface area contributed by atoms with E-state index in [9.17, 15) is 14.4 Å². The van der Waals surface area contributed by atoms with Gasteiger partial charge in [-0.1, -0.05) is 18.2 Å². The van der Waals surface area contributed by atoms with E-state index in [0.29, 0.717) is 12.0 Å². The van der Waals surface area contributed by atoms with Crippen LogP contribution in [-0.2, 0) is 14.3 Å². The second-order valence-electron chi connectivity index (χ2n) is 9.04. The Labute approximate surface area is 165 Å². The van der Waals surface area contributed by atoms with Gasteiger partial charge in [0.2, 0.25) is 0 Å². The fourth-order valence-corrected chi connectivity index (χ4v) is 5.99. The van der Waals surface area contributed by atoms with Gasteiger partial charge < -0.3 is 4.74 Å². The Balaban J connectivity index is 1.25. The van der Waals surface area contributed by atoms with E-state index in [1.807, 2.05) is 0 Å². The molecule has 6 heteroatoms. The molecule has 4 aliphatic carbocycles. The molecule has 0 unspecified atom stereocenters. The van der Waals surface area contributed by atoms with Crippen LogP contribution in [0.4, 0.5) is 0 Å². The highest BCUT2D eigenvalue weighted by molar-refractivity contribution is 5.95. The maximum absolute atomic E-state index is 12.5. The molecule has 0 heterocycles. The van der Waals surface area contributed by atoms with Gasteiger partial charge in [0.1, 0.15) is 0 Å². The number of rotatable bonds is 5. The zero-order chi connectivity index (χ0) is 19.7. The zero-order valence-electron chi connectivity index (χ0n) is 16.3. The summed E-state index contributed by atoms with van der Waals surface area (Å²) in [5.74, 6) is 1.05. The number of carbonyl (C=O) groups is 3. The van der Waals surface area contributed by atoms with Crippen LogP contribution in [0.1, 0.15) is 62.2 Å². The Morgan fingerprint density at radius 3 is 2.14 bits per heavy atom. The Hall–Kier alpha value is -2.37. The van der Waals surface area contributed by atoms with Gasteiger partial charge in [0.05, 0.1) is 6.42 Å². The molecule has 1 aromatic rings. The summed E-state index contributed by atoms with van der Waals surface area (Å²) in [5, 5.41) is 0. The summed E-state index contributed by atoms with van der Waals surface area (Å²) in [7, 11) is 0. The zero-order valence-corrected chi connectivity index (χ0v) is 16.3. The van der Waals surface area contributed by atoms with Crippen molar-refractivity contribution in [1.82, 2.24) is 10.9 Å². The summed E-state index contributed by atoms with van der Waals surface area (Å²) in [5.41, 5.74) is 5.21. The molecule has 0 aliphatic heterocycles. The lowest BCUT2D eigenvalue weighted by Gasteiger charge is -2.56. The van der Waals surface area contributed by atoms with Crippen LogP contribution in [0.5, 0.6) is 0 Å². The van der Waals surface area contributed by atoms with E-state index in [0.717, 1.165) is 37.0 Å². The van der Waals surface area contributed by atoms with Crippen molar-refractivity contribution in [2.45, 2.75) is 58.0 Å². The Bertz CT molecular complexity index is 726. The number of benzene rings is 1. The molecule has 0 spiro atoms. The van der Waals surface area contributed by atoms with Crippen LogP contribution in [0.15, 0.2) is 30.3 Å². The summed E-state index contributed by atoms with van der Waals surface area (Å²) in [6.45, 7) is 1.53. The molecule has 4 saturated carbocycles. The number of amides is 2. The Kier molecular flexibility index (Phi) is 5.13. The maximum Gasteiger partial charge on any atom is 0.307 e. The molecule has 1 atom stereocenters. The molecule has 150 valence electrons. The first-order chi connectivity index (χ1) is 13.4. The minimum atomic E-state index is -0.947. The fourth-order valence-electron chi connectivity index (χ4n) is 5.99. The van der Waals surface area contributed by atoms with Gasteiger partial charge in [0, 0.05) is 5.56 Å². The number of hydrogen-bond acceptors (Lipinski definition) is 4. The first-order valence-electron chi connectivity index (χ1n) is 10.3. The van der Waals surface area contributed by atoms with Crippen molar-refractivity contribution in [3.05, 3.63) is 35.9 Å². The fraction of sp³-hybridized carbons (Fsp3) is 0.591. The molecule has 1 aromatic carbocycles. The summed E-state index contributed by atoms with van der Waals surface area (Å²) in [6, 6.07) is 8.59. The van der Waals surface area contributed by atoms with Gasteiger partial charge >= 0.3 is 5.97 Å². The first kappa shape index (κ1) is 19.0. The number of hydrogen-bond donors (Lipinski definition) is 2. The second-order valence-corrected chi connectivity index (χ2v) is 9.04. The molecule has 5 rings (SSSR count). The molecule has 6 nitrogen and oxygen atoms in total. The molecule has 4 aliphatic rings. The second kappa shape index (κ2) is 7.57. The maximum atomic E-state index is 12.5. The average molecular weight is 384 g/mol. The molecular weight excluding hydrogens is 356 g/mol. The van der Waals surface area contributed by atoms with E-state index < -0.39 is 17.9 Å². The monoisotopic (exact) mass is 384 g/mol. The smallest absolute Gasteiger partial charge is 0.307 e. The van der Waals surface area contributed by atoms with Gasteiger partial charge in [0.25, 0.3) is 11.8 Å². The standard InChI is InChI=1S/C22H28N2O4/c1-14(20(26)23-24-21(27)18-5-3-2-4-6-18)28-19(25)13-22-10-15-7-16(11-22)9-17(8-15)12-22/h2-6,14-17H,7-13H2,1H3,(H,23,26)(H,24,27)/t14-,15?,16?,17?,22?/m0/s1. The molecular formula is C22H28N2O4. The molecule has 0 aromatic heterocycles. The molecule has 2 N–H and O–H groups in total. The van der Waals surface area contributed by atoms with Gasteiger partial charge in [-0.3, -0.25) is 25.2 Å². The minimum Gasteiger partial charge on any atom is -0.452 e. The highest BCUT2D eigenvalue weighted by Gasteiger charge is 2.51. The number of carbonyl (C=O) groups excluding carboxylic acids is 3. The quantitative estimate of drug-likeness (QED) is 0.604. The highest BCUT2D eigenvalue weighted by atomic mass is 16.5. The van der Waals surface area contributed by atoms with Gasteiger partial charge in [0.15, 0.2) is 6.10 Å². The predicted octanol–water partition coefficient (Wildman–Crippen LogP) is 2.99. The molecule has 2 amide bonds. The van der Waals surface area contributed by atoms with Crippen LogP contribution in [0.3, 0.4) is 0 Å². The minimum absolute atomic E-state index is 0.0869. The number of esters is 1. The number of hydrazine groups is 1. The molecule has 28 heavy (non-hydrogen) atoms. The lowest BCUT2D eigenvalue weighted by molar-refractivity contribution is -0.161. The van der Waals surface area contributed by atoms with Crippen molar-refractivity contribution in [2.75, 3.05) is 0 Å². The topological polar surface area (TPSA) is 84.5 Å². The summed E-state index contributed by atoms with van der Waals surface area (Å²) in [6.07, 6.45) is 6.82. The van der Waals surface area contributed by atoms with Gasteiger partial charge in [-0.05, 0) is 80.8 Å². The van der Waals surface area contributed by atoms with Crippen molar-refractivity contribution in [3.8, 4) is 0 Å². The van der Waals surface area contributed by atoms with E-state index in [-0.39, 0.29) is 11.4 Å². The van der Waals surface area contributed by atoms with Crippen molar-refractivity contribution in [3.63, 3.8) is 0 Å². The molecule has 0 radical (unpaired) electrons. The van der Waals surface area contributed by atoms with Crippen molar-refractivity contribution < 1.29 is 19.1 Å². The third kappa shape index (κ3) is 4.05.